The van der Waals surface area contributed by atoms with Gasteiger partial charge < -0.3 is 15.2 Å². The Hall–Kier alpha value is -4.20. The third-order valence-corrected chi connectivity index (χ3v) is 5.21. The average molecular weight is 431 g/mol. The number of nitrogens with zero attached hydrogens (tertiary/aromatic N) is 1. The van der Waals surface area contributed by atoms with E-state index in [2.05, 4.69) is 27.8 Å². The van der Waals surface area contributed by atoms with Crippen molar-refractivity contribution in [1.29, 1.82) is 0 Å². The summed E-state index contributed by atoms with van der Waals surface area (Å²) in [6.07, 6.45) is 0.549. The number of ether oxygens (including phenoxy) is 1. The Bertz CT molecular complexity index is 1110. The van der Waals surface area contributed by atoms with Crippen LogP contribution in [-0.4, -0.2) is 41.2 Å². The normalized spacial score (nSPS) is 11.9. The highest BCUT2D eigenvalue weighted by Gasteiger charge is 2.29. The first-order valence-electron chi connectivity index (χ1n) is 10.1. The van der Waals surface area contributed by atoms with Gasteiger partial charge in [0.25, 0.3) is 5.91 Å². The molecule has 2 amide bonds. The molecule has 8 heteroatoms. The van der Waals surface area contributed by atoms with Gasteiger partial charge in [0.15, 0.2) is 0 Å². The second-order valence-corrected chi connectivity index (χ2v) is 7.28. The number of carbonyl (C=O) groups is 3. The molecule has 0 saturated carbocycles. The summed E-state index contributed by atoms with van der Waals surface area (Å²) in [4.78, 5) is 38.8. The second kappa shape index (κ2) is 9.30. The standard InChI is InChI=1S/C24H21N3O5/c28-22(29)11-12-25-23(30)21-10-9-15(13-26-21)27-24(31)32-14-20-18-7-3-1-5-16(18)17-6-2-4-8-19(17)20/h1-10,13,20H,11-12,14H2,(H,25,30)(H,27,31)(H,28,29). The fraction of sp³-hybridized carbons (Fsp3) is 0.167. The summed E-state index contributed by atoms with van der Waals surface area (Å²) < 4.78 is 5.48. The first kappa shape index (κ1) is 21.0. The zero-order valence-corrected chi connectivity index (χ0v) is 17.1. The number of carboxylic acid groups (broad SMARTS) is 1. The topological polar surface area (TPSA) is 118 Å². The molecule has 0 spiro atoms. The second-order valence-electron chi connectivity index (χ2n) is 7.28. The minimum atomic E-state index is -0.999. The smallest absolute Gasteiger partial charge is 0.411 e. The summed E-state index contributed by atoms with van der Waals surface area (Å²) >= 11 is 0. The molecule has 3 aromatic rings. The zero-order chi connectivity index (χ0) is 22.5. The molecule has 1 aromatic heterocycles. The van der Waals surface area contributed by atoms with Crippen molar-refractivity contribution in [3.63, 3.8) is 0 Å². The quantitative estimate of drug-likeness (QED) is 0.526. The SMILES string of the molecule is O=C(O)CCNC(=O)c1ccc(NC(=O)OCC2c3ccccc3-c3ccccc32)cn1. The van der Waals surface area contributed by atoms with Crippen LogP contribution in [0.3, 0.4) is 0 Å². The molecule has 0 atom stereocenters. The number of carbonyl (C=O) groups excluding carboxylic acids is 2. The van der Waals surface area contributed by atoms with Crippen molar-refractivity contribution in [1.82, 2.24) is 10.3 Å². The molecule has 2 aromatic carbocycles. The Morgan fingerprint density at radius 2 is 1.59 bits per heavy atom. The Labute approximate surface area is 184 Å². The third kappa shape index (κ3) is 4.59. The number of hydrogen-bond donors (Lipinski definition) is 3. The number of anilines is 1. The van der Waals surface area contributed by atoms with Crippen LogP contribution in [0.5, 0.6) is 0 Å². The molecular weight excluding hydrogens is 410 g/mol. The number of nitrogens with one attached hydrogen (secondary N) is 2. The van der Waals surface area contributed by atoms with Gasteiger partial charge in [-0.3, -0.25) is 14.9 Å². The van der Waals surface area contributed by atoms with Crippen LogP contribution in [0.2, 0.25) is 0 Å². The van der Waals surface area contributed by atoms with Crippen LogP contribution in [0.15, 0.2) is 66.9 Å². The van der Waals surface area contributed by atoms with Crippen molar-refractivity contribution in [2.24, 2.45) is 0 Å². The molecular formula is C24H21N3O5. The van der Waals surface area contributed by atoms with Crippen molar-refractivity contribution < 1.29 is 24.2 Å². The molecule has 162 valence electrons. The van der Waals surface area contributed by atoms with E-state index < -0.39 is 18.0 Å². The molecule has 3 N–H and O–H groups in total. The number of benzene rings is 2. The maximum absolute atomic E-state index is 12.3. The van der Waals surface area contributed by atoms with E-state index in [1.807, 2.05) is 36.4 Å². The minimum absolute atomic E-state index is 0.00952. The monoisotopic (exact) mass is 431 g/mol. The van der Waals surface area contributed by atoms with Gasteiger partial charge in [-0.05, 0) is 34.4 Å². The number of fused-ring (bicyclic) bond motifs is 3. The fourth-order valence-electron chi connectivity index (χ4n) is 3.73. The van der Waals surface area contributed by atoms with Gasteiger partial charge in [-0.1, -0.05) is 48.5 Å². The van der Waals surface area contributed by atoms with Crippen LogP contribution in [0, 0.1) is 0 Å². The lowest BCUT2D eigenvalue weighted by Gasteiger charge is -2.14. The van der Waals surface area contributed by atoms with Gasteiger partial charge in [-0.2, -0.15) is 0 Å². The van der Waals surface area contributed by atoms with Crippen LogP contribution in [0.4, 0.5) is 10.5 Å². The predicted octanol–water partition coefficient (Wildman–Crippen LogP) is 3.65. The van der Waals surface area contributed by atoms with Gasteiger partial charge in [-0.15, -0.1) is 0 Å². The molecule has 1 heterocycles. The number of hydrogen-bond acceptors (Lipinski definition) is 5. The maximum atomic E-state index is 12.3. The van der Waals surface area contributed by atoms with E-state index >= 15 is 0 Å². The lowest BCUT2D eigenvalue weighted by Crippen LogP contribution is -2.26. The van der Waals surface area contributed by atoms with Crippen molar-refractivity contribution in [3.05, 3.63) is 83.7 Å². The van der Waals surface area contributed by atoms with Crippen molar-refractivity contribution >= 4 is 23.7 Å². The van der Waals surface area contributed by atoms with Gasteiger partial charge in [0, 0.05) is 12.5 Å². The van der Waals surface area contributed by atoms with Crippen LogP contribution < -0.4 is 10.6 Å². The molecule has 8 nitrogen and oxygen atoms in total. The Morgan fingerprint density at radius 3 is 2.19 bits per heavy atom. The number of aromatic nitrogens is 1. The molecule has 0 fully saturated rings. The first-order valence-corrected chi connectivity index (χ1v) is 10.1. The highest BCUT2D eigenvalue weighted by molar-refractivity contribution is 5.93. The van der Waals surface area contributed by atoms with Gasteiger partial charge in [0.1, 0.15) is 12.3 Å². The summed E-state index contributed by atoms with van der Waals surface area (Å²) in [5.74, 6) is -1.53. The third-order valence-electron chi connectivity index (χ3n) is 5.21. The number of amides is 2. The summed E-state index contributed by atoms with van der Waals surface area (Å²) in [7, 11) is 0. The Morgan fingerprint density at radius 1 is 0.938 bits per heavy atom. The first-order chi connectivity index (χ1) is 15.5. The number of rotatable bonds is 7. The highest BCUT2D eigenvalue weighted by atomic mass is 16.5. The van der Waals surface area contributed by atoms with E-state index in [0.717, 1.165) is 22.3 Å². The number of pyridine rings is 1. The van der Waals surface area contributed by atoms with Crippen LogP contribution in [0.25, 0.3) is 11.1 Å². The van der Waals surface area contributed by atoms with Crippen molar-refractivity contribution in [2.45, 2.75) is 12.3 Å². The molecule has 32 heavy (non-hydrogen) atoms. The lowest BCUT2D eigenvalue weighted by atomic mass is 9.98. The summed E-state index contributed by atoms with van der Waals surface area (Å²) in [5.41, 5.74) is 5.05. The molecule has 0 saturated heterocycles. The Balaban J connectivity index is 1.34. The van der Waals surface area contributed by atoms with E-state index in [0.29, 0.717) is 5.69 Å². The fourth-order valence-corrected chi connectivity index (χ4v) is 3.73. The predicted molar refractivity (Wildman–Crippen MR) is 118 cm³/mol. The largest absolute Gasteiger partial charge is 0.481 e. The van der Waals surface area contributed by atoms with Gasteiger partial charge in [0.2, 0.25) is 0 Å². The summed E-state index contributed by atoms with van der Waals surface area (Å²) in [5, 5.41) is 13.7. The molecule has 4 rings (SSSR count). The van der Waals surface area contributed by atoms with Crippen molar-refractivity contribution in [3.8, 4) is 11.1 Å². The zero-order valence-electron chi connectivity index (χ0n) is 17.1. The number of carboxylic acids is 1. The maximum Gasteiger partial charge on any atom is 0.411 e. The van der Waals surface area contributed by atoms with Crippen molar-refractivity contribution in [2.75, 3.05) is 18.5 Å². The van der Waals surface area contributed by atoms with E-state index in [1.165, 1.54) is 18.3 Å². The highest BCUT2D eigenvalue weighted by Crippen LogP contribution is 2.44. The van der Waals surface area contributed by atoms with Gasteiger partial charge in [-0.25, -0.2) is 9.78 Å². The van der Waals surface area contributed by atoms with E-state index in [-0.39, 0.29) is 31.2 Å². The lowest BCUT2D eigenvalue weighted by molar-refractivity contribution is -0.136. The molecule has 0 unspecified atom stereocenters. The molecule has 1 aliphatic carbocycles. The van der Waals surface area contributed by atoms with E-state index in [1.54, 1.807) is 0 Å². The molecule has 1 aliphatic rings. The molecule has 0 aliphatic heterocycles. The average Bonchev–Trinajstić information content (AvgIpc) is 3.12. The number of aliphatic carboxylic acids is 1. The summed E-state index contributed by atoms with van der Waals surface area (Å²) in [6.45, 7) is 0.201. The van der Waals surface area contributed by atoms with Crippen LogP contribution >= 0.6 is 0 Å². The van der Waals surface area contributed by atoms with Gasteiger partial charge in [0.05, 0.1) is 18.3 Å². The molecule has 0 bridgehead atoms. The van der Waals surface area contributed by atoms with Gasteiger partial charge >= 0.3 is 12.1 Å². The molecule has 0 radical (unpaired) electrons. The van der Waals surface area contributed by atoms with E-state index in [9.17, 15) is 14.4 Å². The van der Waals surface area contributed by atoms with Crippen LogP contribution in [-0.2, 0) is 9.53 Å². The van der Waals surface area contributed by atoms with E-state index in [4.69, 9.17) is 9.84 Å². The summed E-state index contributed by atoms with van der Waals surface area (Å²) in [6, 6.07) is 19.1. The Kier molecular flexibility index (Phi) is 6.12. The minimum Gasteiger partial charge on any atom is -0.481 e. The van der Waals surface area contributed by atoms with Crippen LogP contribution in [0.1, 0.15) is 34.0 Å².